The van der Waals surface area contributed by atoms with Crippen molar-refractivity contribution in [3.63, 3.8) is 0 Å². The summed E-state index contributed by atoms with van der Waals surface area (Å²) in [5.41, 5.74) is 1.95. The molecule has 0 aliphatic rings. The van der Waals surface area contributed by atoms with E-state index in [2.05, 4.69) is 20.3 Å². The van der Waals surface area contributed by atoms with Gasteiger partial charge in [-0.15, -0.1) is 10.2 Å². The van der Waals surface area contributed by atoms with Gasteiger partial charge in [0.2, 0.25) is 23.5 Å². The van der Waals surface area contributed by atoms with Gasteiger partial charge >= 0.3 is 0 Å². The second-order valence-electron chi connectivity index (χ2n) is 6.94. The first kappa shape index (κ1) is 19.5. The van der Waals surface area contributed by atoms with Gasteiger partial charge < -0.3 is 8.94 Å². The Balaban J connectivity index is 0.000000161. The summed E-state index contributed by atoms with van der Waals surface area (Å²) in [4.78, 5) is 4.30. The molecular weight excluding hydrogens is 352 g/mol. The van der Waals surface area contributed by atoms with Gasteiger partial charge in [-0.2, -0.15) is 4.98 Å². The molecule has 0 atom stereocenters. The second kappa shape index (κ2) is 9.08. The van der Waals surface area contributed by atoms with E-state index in [9.17, 15) is 0 Å². The highest BCUT2D eigenvalue weighted by atomic mass is 16.5. The van der Waals surface area contributed by atoms with Gasteiger partial charge in [-0.25, -0.2) is 0 Å². The van der Waals surface area contributed by atoms with Gasteiger partial charge in [-0.3, -0.25) is 0 Å². The fourth-order valence-electron chi connectivity index (χ4n) is 2.34. The van der Waals surface area contributed by atoms with Crippen LogP contribution in [-0.2, 0) is 0 Å². The van der Waals surface area contributed by atoms with Crippen LogP contribution in [0.1, 0.15) is 51.3 Å². The van der Waals surface area contributed by atoms with Gasteiger partial charge in [0.1, 0.15) is 0 Å². The van der Waals surface area contributed by atoms with Gasteiger partial charge in [0.15, 0.2) is 0 Å². The summed E-state index contributed by atoms with van der Waals surface area (Å²) in [6.45, 7) is 8.12. The molecule has 0 saturated heterocycles. The molecule has 4 aromatic rings. The molecule has 0 bridgehead atoms. The lowest BCUT2D eigenvalue weighted by Crippen LogP contribution is -1.86. The maximum absolute atomic E-state index is 5.51. The van der Waals surface area contributed by atoms with Crippen molar-refractivity contribution in [1.29, 1.82) is 0 Å². The third-order valence-electron chi connectivity index (χ3n) is 3.92. The summed E-state index contributed by atoms with van der Waals surface area (Å²) >= 11 is 0. The molecular formula is C22H24N4O2. The molecule has 0 N–H and O–H groups in total. The van der Waals surface area contributed by atoms with Crippen molar-refractivity contribution < 1.29 is 8.94 Å². The minimum Gasteiger partial charge on any atom is -0.420 e. The monoisotopic (exact) mass is 376 g/mol. The lowest BCUT2D eigenvalue weighted by atomic mass is 10.2. The lowest BCUT2D eigenvalue weighted by Gasteiger charge is -1.95. The van der Waals surface area contributed by atoms with Crippen LogP contribution in [0.15, 0.2) is 69.6 Å². The average molecular weight is 376 g/mol. The number of benzene rings is 2. The van der Waals surface area contributed by atoms with Crippen molar-refractivity contribution >= 4 is 0 Å². The van der Waals surface area contributed by atoms with Crippen LogP contribution in [0.3, 0.4) is 0 Å². The highest BCUT2D eigenvalue weighted by molar-refractivity contribution is 5.53. The summed E-state index contributed by atoms with van der Waals surface area (Å²) < 4.78 is 10.6. The molecule has 4 rings (SSSR count). The predicted octanol–water partition coefficient (Wildman–Crippen LogP) is 5.72. The van der Waals surface area contributed by atoms with Crippen LogP contribution in [0, 0.1) is 0 Å². The van der Waals surface area contributed by atoms with Gasteiger partial charge in [0.05, 0.1) is 0 Å². The molecule has 0 spiro atoms. The molecule has 0 fully saturated rings. The summed E-state index contributed by atoms with van der Waals surface area (Å²) in [5.74, 6) is 3.18. The van der Waals surface area contributed by atoms with Crippen LogP contribution in [0.4, 0.5) is 0 Å². The zero-order valence-corrected chi connectivity index (χ0v) is 16.5. The molecule has 0 amide bonds. The fourth-order valence-corrected chi connectivity index (χ4v) is 2.34. The molecule has 2 aromatic carbocycles. The predicted molar refractivity (Wildman–Crippen MR) is 108 cm³/mol. The Kier molecular flexibility index (Phi) is 6.32. The SMILES string of the molecule is CC(C)c1nc(-c2ccccc2)no1.CC(C)c1nnc(-c2ccccc2)o1. The van der Waals surface area contributed by atoms with E-state index in [-0.39, 0.29) is 11.8 Å². The first-order valence-electron chi connectivity index (χ1n) is 9.32. The molecule has 0 unspecified atom stereocenters. The van der Waals surface area contributed by atoms with Crippen LogP contribution >= 0.6 is 0 Å². The Labute approximate surface area is 164 Å². The standard InChI is InChI=1S/2C11H12N2O/c1-8(2)11-12-10(13-14-11)9-6-4-3-5-7-9;1-8(2)10-12-13-11(14-10)9-6-4-3-5-7-9/h2*3-8H,1-2H3. The van der Waals surface area contributed by atoms with Gasteiger partial charge in [-0.1, -0.05) is 81.4 Å². The number of rotatable bonds is 4. The van der Waals surface area contributed by atoms with Crippen molar-refractivity contribution in [2.45, 2.75) is 39.5 Å². The van der Waals surface area contributed by atoms with Crippen molar-refractivity contribution in [3.8, 4) is 22.8 Å². The zero-order chi connectivity index (χ0) is 19.9. The van der Waals surface area contributed by atoms with E-state index in [0.717, 1.165) is 11.1 Å². The number of hydrogen-bond donors (Lipinski definition) is 0. The molecule has 0 radical (unpaired) electrons. The molecule has 6 heteroatoms. The zero-order valence-electron chi connectivity index (χ0n) is 16.5. The van der Waals surface area contributed by atoms with Gasteiger partial charge in [-0.05, 0) is 12.1 Å². The van der Waals surface area contributed by atoms with Crippen molar-refractivity contribution in [2.75, 3.05) is 0 Å². The number of nitrogens with zero attached hydrogens (tertiary/aromatic N) is 4. The van der Waals surface area contributed by atoms with Gasteiger partial charge in [0, 0.05) is 23.0 Å². The summed E-state index contributed by atoms with van der Waals surface area (Å²) in [5, 5.41) is 11.9. The lowest BCUT2D eigenvalue weighted by molar-refractivity contribution is 0.365. The highest BCUT2D eigenvalue weighted by Crippen LogP contribution is 2.20. The van der Waals surface area contributed by atoms with Crippen LogP contribution in [0.25, 0.3) is 22.8 Å². The molecule has 0 aliphatic carbocycles. The maximum Gasteiger partial charge on any atom is 0.247 e. The van der Waals surface area contributed by atoms with Crippen molar-refractivity contribution in [2.24, 2.45) is 0 Å². The summed E-state index contributed by atoms with van der Waals surface area (Å²) in [7, 11) is 0. The third kappa shape index (κ3) is 4.91. The first-order valence-corrected chi connectivity index (χ1v) is 9.32. The van der Waals surface area contributed by atoms with Crippen molar-refractivity contribution in [3.05, 3.63) is 72.4 Å². The third-order valence-corrected chi connectivity index (χ3v) is 3.92. The van der Waals surface area contributed by atoms with Crippen LogP contribution in [-0.4, -0.2) is 20.3 Å². The van der Waals surface area contributed by atoms with E-state index in [4.69, 9.17) is 8.94 Å². The number of hydrogen-bond acceptors (Lipinski definition) is 6. The van der Waals surface area contributed by atoms with E-state index < -0.39 is 0 Å². The Morgan fingerprint density at radius 1 is 0.679 bits per heavy atom. The fraction of sp³-hybridized carbons (Fsp3) is 0.273. The minimum absolute atomic E-state index is 0.278. The quantitative estimate of drug-likeness (QED) is 0.453. The molecule has 2 heterocycles. The van der Waals surface area contributed by atoms with Crippen molar-refractivity contribution in [1.82, 2.24) is 20.3 Å². The molecule has 6 nitrogen and oxygen atoms in total. The Hall–Kier alpha value is -3.28. The van der Waals surface area contributed by atoms with Gasteiger partial charge in [0.25, 0.3) is 0 Å². The smallest absolute Gasteiger partial charge is 0.247 e. The first-order chi connectivity index (χ1) is 13.5. The topological polar surface area (TPSA) is 77.8 Å². The maximum atomic E-state index is 5.51. The molecule has 28 heavy (non-hydrogen) atoms. The number of aromatic nitrogens is 4. The summed E-state index contributed by atoms with van der Waals surface area (Å²) in [6, 6.07) is 19.6. The van der Waals surface area contributed by atoms with E-state index >= 15 is 0 Å². The second-order valence-corrected chi connectivity index (χ2v) is 6.94. The normalized spacial score (nSPS) is 10.8. The highest BCUT2D eigenvalue weighted by Gasteiger charge is 2.11. The minimum atomic E-state index is 0.278. The summed E-state index contributed by atoms with van der Waals surface area (Å²) in [6.07, 6.45) is 0. The van der Waals surface area contributed by atoms with E-state index in [1.165, 1.54) is 0 Å². The Morgan fingerprint density at radius 3 is 1.75 bits per heavy atom. The van der Waals surface area contributed by atoms with E-state index in [0.29, 0.717) is 23.5 Å². The average Bonchev–Trinajstić information content (AvgIpc) is 3.40. The Morgan fingerprint density at radius 2 is 1.25 bits per heavy atom. The molecule has 0 saturated carbocycles. The molecule has 2 aromatic heterocycles. The van der Waals surface area contributed by atoms with Crippen LogP contribution < -0.4 is 0 Å². The van der Waals surface area contributed by atoms with Crippen LogP contribution in [0.5, 0.6) is 0 Å². The Bertz CT molecular complexity index is 894. The van der Waals surface area contributed by atoms with E-state index in [1.54, 1.807) is 0 Å². The van der Waals surface area contributed by atoms with Crippen LogP contribution in [0.2, 0.25) is 0 Å². The molecule has 0 aliphatic heterocycles. The molecule has 144 valence electrons. The largest absolute Gasteiger partial charge is 0.420 e. The van der Waals surface area contributed by atoms with E-state index in [1.807, 2.05) is 88.4 Å².